The zero-order valence-corrected chi connectivity index (χ0v) is 5.90. The molecule has 0 unspecified atom stereocenters. The number of hydrogen-bond donors (Lipinski definition) is 0. The van der Waals surface area contributed by atoms with Crippen LogP contribution in [0.1, 0.15) is 0 Å². The maximum atomic E-state index is 4.97. The highest BCUT2D eigenvalue weighted by Crippen LogP contribution is 2.16. The highest BCUT2D eigenvalue weighted by atomic mass is 16.5. The smallest absolute Gasteiger partial charge is 0.166 e. The zero-order chi connectivity index (χ0) is 7.52. The van der Waals surface area contributed by atoms with Crippen molar-refractivity contribution in [2.45, 2.75) is 0 Å². The van der Waals surface area contributed by atoms with Crippen molar-refractivity contribution in [3.05, 3.63) is 42.6 Å². The van der Waals surface area contributed by atoms with Crippen LogP contribution in [0.4, 0.5) is 0 Å². The monoisotopic (exact) mass is 145 g/mol. The molecule has 11 heavy (non-hydrogen) atoms. The van der Waals surface area contributed by atoms with E-state index in [2.05, 4.69) is 5.16 Å². The Hall–Kier alpha value is -1.57. The third-order valence-electron chi connectivity index (χ3n) is 1.50. The molecule has 2 aromatic rings. The van der Waals surface area contributed by atoms with Crippen LogP contribution in [0.25, 0.3) is 11.3 Å². The molecule has 0 aliphatic rings. The summed E-state index contributed by atoms with van der Waals surface area (Å²) in [6.07, 6.45) is 1.64. The minimum atomic E-state index is 0.811. The molecule has 0 saturated heterocycles. The summed E-state index contributed by atoms with van der Waals surface area (Å²) in [4.78, 5) is 0. The lowest BCUT2D eigenvalue weighted by molar-refractivity contribution is 0.432. The molecule has 2 nitrogen and oxygen atoms in total. The molecule has 0 aliphatic carbocycles. The van der Waals surface area contributed by atoms with E-state index in [0.717, 1.165) is 11.3 Å². The highest BCUT2D eigenvalue weighted by Gasteiger charge is 1.97. The third kappa shape index (κ3) is 1.15. The van der Waals surface area contributed by atoms with Crippen LogP contribution >= 0.6 is 0 Å². The fourth-order valence-electron chi connectivity index (χ4n) is 0.967. The number of benzene rings is 1. The van der Waals surface area contributed by atoms with Gasteiger partial charge in [-0.3, -0.25) is 0 Å². The largest absolute Gasteiger partial charge is 0.356 e. The second-order valence-corrected chi connectivity index (χ2v) is 2.24. The quantitative estimate of drug-likeness (QED) is 0.615. The van der Waals surface area contributed by atoms with E-state index >= 15 is 0 Å². The van der Waals surface area contributed by atoms with Gasteiger partial charge in [-0.05, 0) is 0 Å². The molecular formula is C9H7NO. The van der Waals surface area contributed by atoms with Crippen LogP contribution in [-0.4, -0.2) is 5.16 Å². The third-order valence-corrected chi connectivity index (χ3v) is 1.50. The Bertz CT molecular complexity index is 313. The molecule has 1 aromatic carbocycles. The summed E-state index contributed by atoms with van der Waals surface area (Å²) >= 11 is 0. The Morgan fingerprint density at radius 2 is 1.82 bits per heavy atom. The van der Waals surface area contributed by atoms with Crippen molar-refractivity contribution < 1.29 is 4.52 Å². The first-order valence-electron chi connectivity index (χ1n) is 3.43. The number of hydrogen-bond acceptors (Lipinski definition) is 2. The van der Waals surface area contributed by atoms with Crippen LogP contribution in [0.15, 0.2) is 47.1 Å². The van der Waals surface area contributed by atoms with Crippen LogP contribution in [0, 0.1) is 0 Å². The van der Waals surface area contributed by atoms with Crippen LogP contribution in [0.5, 0.6) is 0 Å². The number of nitrogens with zero attached hydrogens (tertiary/aromatic N) is 1. The summed E-state index contributed by atoms with van der Waals surface area (Å²) < 4.78 is 4.97. The highest BCUT2D eigenvalue weighted by molar-refractivity contribution is 5.55. The van der Waals surface area contributed by atoms with Gasteiger partial charge in [0.15, 0.2) is 5.76 Å². The molecule has 0 aliphatic heterocycles. The van der Waals surface area contributed by atoms with Crippen LogP contribution < -0.4 is 0 Å². The van der Waals surface area contributed by atoms with E-state index in [1.165, 1.54) is 0 Å². The second-order valence-electron chi connectivity index (χ2n) is 2.24. The van der Waals surface area contributed by atoms with Gasteiger partial charge in [-0.2, -0.15) is 0 Å². The molecule has 0 amide bonds. The van der Waals surface area contributed by atoms with Crippen molar-refractivity contribution in [1.82, 2.24) is 5.16 Å². The summed E-state index contributed by atoms with van der Waals surface area (Å²) in [5.41, 5.74) is 1.06. The van der Waals surface area contributed by atoms with E-state index in [0.29, 0.717) is 0 Å². The predicted molar refractivity (Wildman–Crippen MR) is 41.9 cm³/mol. The Morgan fingerprint density at radius 1 is 1.00 bits per heavy atom. The average Bonchev–Trinajstić information content (AvgIpc) is 2.58. The van der Waals surface area contributed by atoms with Crippen molar-refractivity contribution in [2.24, 2.45) is 0 Å². The second kappa shape index (κ2) is 2.58. The van der Waals surface area contributed by atoms with Crippen molar-refractivity contribution in [3.8, 4) is 11.3 Å². The number of aromatic nitrogens is 1. The average molecular weight is 145 g/mol. The zero-order valence-electron chi connectivity index (χ0n) is 5.90. The Morgan fingerprint density at radius 3 is 2.45 bits per heavy atom. The summed E-state index contributed by atoms with van der Waals surface area (Å²) in [5, 5.41) is 3.62. The van der Waals surface area contributed by atoms with Crippen molar-refractivity contribution >= 4 is 0 Å². The van der Waals surface area contributed by atoms with E-state index in [1.54, 1.807) is 6.20 Å². The van der Waals surface area contributed by atoms with Crippen molar-refractivity contribution in [2.75, 3.05) is 0 Å². The van der Waals surface area contributed by atoms with Gasteiger partial charge in [-0.15, -0.1) is 0 Å². The van der Waals surface area contributed by atoms with E-state index in [1.807, 2.05) is 36.4 Å². The number of rotatable bonds is 1. The van der Waals surface area contributed by atoms with Crippen molar-refractivity contribution in [1.29, 1.82) is 0 Å². The lowest BCUT2D eigenvalue weighted by Crippen LogP contribution is -1.69. The van der Waals surface area contributed by atoms with E-state index in [9.17, 15) is 0 Å². The molecule has 1 aromatic heterocycles. The maximum absolute atomic E-state index is 4.97. The van der Waals surface area contributed by atoms with E-state index in [-0.39, 0.29) is 0 Å². The molecule has 2 heteroatoms. The van der Waals surface area contributed by atoms with Gasteiger partial charge in [0.1, 0.15) is 0 Å². The van der Waals surface area contributed by atoms with E-state index in [4.69, 9.17) is 4.52 Å². The molecule has 54 valence electrons. The van der Waals surface area contributed by atoms with Crippen LogP contribution in [0.2, 0.25) is 0 Å². The molecule has 0 saturated carbocycles. The van der Waals surface area contributed by atoms with Gasteiger partial charge in [0.2, 0.25) is 0 Å². The molecule has 0 radical (unpaired) electrons. The predicted octanol–water partition coefficient (Wildman–Crippen LogP) is 2.34. The SMILES string of the molecule is c1ccc(-c2ccno2)cc1. The summed E-state index contributed by atoms with van der Waals surface area (Å²) in [5.74, 6) is 0.811. The van der Waals surface area contributed by atoms with Gasteiger partial charge >= 0.3 is 0 Å². The normalized spacial score (nSPS) is 9.82. The molecule has 1 heterocycles. The van der Waals surface area contributed by atoms with Crippen LogP contribution in [0.3, 0.4) is 0 Å². The molecule has 2 rings (SSSR count). The Kier molecular flexibility index (Phi) is 1.44. The first kappa shape index (κ1) is 6.16. The Labute approximate surface area is 64.5 Å². The first-order chi connectivity index (χ1) is 5.47. The maximum Gasteiger partial charge on any atom is 0.166 e. The lowest BCUT2D eigenvalue weighted by atomic mass is 10.2. The van der Waals surface area contributed by atoms with Gasteiger partial charge in [0, 0.05) is 11.6 Å². The molecule has 0 N–H and O–H groups in total. The molecule has 0 fully saturated rings. The summed E-state index contributed by atoms with van der Waals surface area (Å²) in [6.45, 7) is 0. The summed E-state index contributed by atoms with van der Waals surface area (Å²) in [7, 11) is 0. The first-order valence-corrected chi connectivity index (χ1v) is 3.43. The minimum Gasteiger partial charge on any atom is -0.356 e. The standard InChI is InChI=1S/C9H7NO/c1-2-4-8(5-3-1)9-6-7-10-11-9/h1-7H. The van der Waals surface area contributed by atoms with Crippen molar-refractivity contribution in [3.63, 3.8) is 0 Å². The fraction of sp³-hybridized carbons (Fsp3) is 0. The van der Waals surface area contributed by atoms with Gasteiger partial charge in [-0.25, -0.2) is 0 Å². The molecular weight excluding hydrogens is 138 g/mol. The topological polar surface area (TPSA) is 26.0 Å². The summed E-state index contributed by atoms with van der Waals surface area (Å²) in [6, 6.07) is 11.7. The minimum absolute atomic E-state index is 0.811. The van der Waals surface area contributed by atoms with Crippen LogP contribution in [-0.2, 0) is 0 Å². The molecule has 0 spiro atoms. The fourth-order valence-corrected chi connectivity index (χ4v) is 0.967. The van der Waals surface area contributed by atoms with Gasteiger partial charge in [0.25, 0.3) is 0 Å². The van der Waals surface area contributed by atoms with Gasteiger partial charge in [0.05, 0.1) is 6.20 Å². The lowest BCUT2D eigenvalue weighted by Gasteiger charge is -1.90. The Balaban J connectivity index is 2.46. The van der Waals surface area contributed by atoms with Gasteiger partial charge in [-0.1, -0.05) is 35.5 Å². The van der Waals surface area contributed by atoms with Gasteiger partial charge < -0.3 is 4.52 Å². The van der Waals surface area contributed by atoms with E-state index < -0.39 is 0 Å². The molecule has 0 bridgehead atoms. The molecule has 0 atom stereocenters.